The van der Waals surface area contributed by atoms with E-state index in [1.165, 1.54) is 101 Å². The number of benzene rings is 5. The number of rotatable bonds is 34. The topological polar surface area (TPSA) is 237 Å². The van der Waals surface area contributed by atoms with E-state index in [1.807, 2.05) is 97.9 Å². The molecule has 2 atom stereocenters. The first-order valence-electron chi connectivity index (χ1n) is 38.5. The first kappa shape index (κ1) is 107. The van der Waals surface area contributed by atoms with Gasteiger partial charge >= 0.3 is 53.7 Å². The van der Waals surface area contributed by atoms with Crippen LogP contribution in [0.1, 0.15) is 181 Å². The fourth-order valence-corrected chi connectivity index (χ4v) is 10.4. The second kappa shape index (κ2) is 64.9. The third-order valence-electron chi connectivity index (χ3n) is 17.1. The van der Waals surface area contributed by atoms with Crippen LogP contribution in [0.25, 0.3) is 0 Å². The van der Waals surface area contributed by atoms with E-state index in [-0.39, 0.29) is 59.8 Å². The molecule has 0 aliphatic rings. The average molecular weight is 1550 g/mol. The lowest BCUT2D eigenvalue weighted by atomic mass is 10.2. The van der Waals surface area contributed by atoms with Crippen LogP contribution in [0.2, 0.25) is 0 Å². The van der Waals surface area contributed by atoms with Crippen LogP contribution in [0, 0.1) is 0 Å². The molecule has 0 amide bonds. The minimum atomic E-state index is -0.249. The van der Waals surface area contributed by atoms with Gasteiger partial charge in [-0.05, 0) is 128 Å². The molecule has 5 rings (SSSR count). The number of ether oxygens (including phenoxy) is 9. The van der Waals surface area contributed by atoms with Crippen LogP contribution >= 0.6 is 0 Å². The van der Waals surface area contributed by atoms with Crippen molar-refractivity contribution in [3.05, 3.63) is 179 Å². The highest BCUT2D eigenvalue weighted by atomic mass is 16.6. The Morgan fingerprint density at radius 2 is 0.509 bits per heavy atom. The molecule has 0 heterocycles. The van der Waals surface area contributed by atoms with Gasteiger partial charge < -0.3 is 65.0 Å². The van der Waals surface area contributed by atoms with Crippen molar-refractivity contribution < 1.29 is 108 Å². The summed E-state index contributed by atoms with van der Waals surface area (Å²) in [5.41, 5.74) is 3.11. The van der Waals surface area contributed by atoms with Gasteiger partial charge in [0.15, 0.2) is 0 Å². The van der Waals surface area contributed by atoms with Gasteiger partial charge in [0.25, 0.3) is 0 Å². The number of hydrogen-bond donors (Lipinski definition) is 0. The molecule has 2 unspecified atom stereocenters. The van der Waals surface area contributed by atoms with Gasteiger partial charge in [-0.1, -0.05) is 125 Å². The van der Waals surface area contributed by atoms with Crippen molar-refractivity contribution in [1.29, 1.82) is 0 Å². The third-order valence-corrected chi connectivity index (χ3v) is 17.1. The Kier molecular flexibility index (Phi) is 63.4. The van der Waals surface area contributed by atoms with Crippen LogP contribution in [-0.2, 0) is 61.8 Å². The summed E-state index contributed by atoms with van der Waals surface area (Å²) >= 11 is 0. The number of methoxy groups -OCH3 is 4. The quantitative estimate of drug-likeness (QED) is 0.0211. The number of esters is 9. The van der Waals surface area contributed by atoms with Crippen LogP contribution < -0.4 is 0 Å². The van der Waals surface area contributed by atoms with Crippen molar-refractivity contribution in [2.75, 3.05) is 189 Å². The molecule has 23 heteroatoms. The molecule has 23 nitrogen and oxygen atoms in total. The van der Waals surface area contributed by atoms with Gasteiger partial charge in [-0.25, -0.2) is 24.0 Å². The smallest absolute Gasteiger partial charge is 0.338 e. The maximum absolute atomic E-state index is 12.0. The van der Waals surface area contributed by atoms with Crippen LogP contribution in [0.15, 0.2) is 152 Å². The zero-order valence-electron chi connectivity index (χ0n) is 71.9. The molecule has 0 spiro atoms. The van der Waals surface area contributed by atoms with Crippen molar-refractivity contribution in [3.63, 3.8) is 0 Å². The van der Waals surface area contributed by atoms with Crippen LogP contribution in [-0.4, -0.2) is 271 Å². The van der Waals surface area contributed by atoms with Gasteiger partial charge in [0, 0.05) is 27.7 Å². The minimum absolute atomic E-state index is 0.0762. The van der Waals surface area contributed by atoms with E-state index in [0.717, 1.165) is 101 Å². The van der Waals surface area contributed by atoms with Crippen molar-refractivity contribution in [2.45, 2.75) is 135 Å². The maximum Gasteiger partial charge on any atom is 0.338 e. The summed E-state index contributed by atoms with van der Waals surface area (Å²) in [4.78, 5) is 97.2. The van der Waals surface area contributed by atoms with Crippen LogP contribution in [0.5, 0.6) is 0 Å². The summed E-state index contributed by atoms with van der Waals surface area (Å²) in [6.07, 6.45) is 5.88. The van der Waals surface area contributed by atoms with Crippen molar-refractivity contribution in [3.8, 4) is 0 Å². The molecule has 620 valence electrons. The SMILES string of the molecule is CC(C[N+](C)(C)C)OC(=O)c1ccccc1.CCCC[N+](CC)(CCC)CCOC(=O)c1ccccc1.CCC[N+](CC)(CCC)CCOC(=O)c1ccccc1.CC[N+](CC)(CC)CCOC(=O)c1ccccc1.COC(C)=O.COC(C)=O.COC(C)=O.COC(C)=O.C[N+](C)(C)CCOC(=O)c1ccccc1. The van der Waals surface area contributed by atoms with E-state index in [9.17, 15) is 43.2 Å². The van der Waals surface area contributed by atoms with Gasteiger partial charge in [-0.15, -0.1) is 0 Å². The molecular formula is C87H144N5O18+5. The molecule has 0 aliphatic carbocycles. The van der Waals surface area contributed by atoms with Gasteiger partial charge in [-0.3, -0.25) is 19.2 Å². The molecule has 0 fully saturated rings. The Hall–Kier alpha value is -8.87. The Morgan fingerprint density at radius 1 is 0.291 bits per heavy atom. The number of nitrogens with zero attached hydrogens (tertiary/aromatic N) is 5. The highest BCUT2D eigenvalue weighted by molar-refractivity contribution is 5.91. The zero-order valence-corrected chi connectivity index (χ0v) is 71.9. The van der Waals surface area contributed by atoms with Crippen LogP contribution in [0.3, 0.4) is 0 Å². The van der Waals surface area contributed by atoms with Crippen molar-refractivity contribution >= 4 is 53.7 Å². The first-order valence-corrected chi connectivity index (χ1v) is 38.5. The number of likely N-dealkylation sites (N-methyl/N-ethyl adjacent to an activating group) is 5. The lowest BCUT2D eigenvalue weighted by molar-refractivity contribution is -0.926. The van der Waals surface area contributed by atoms with E-state index < -0.39 is 0 Å². The monoisotopic (exact) mass is 1550 g/mol. The van der Waals surface area contributed by atoms with Gasteiger partial charge in [-0.2, -0.15) is 0 Å². The molecule has 0 bridgehead atoms. The Morgan fingerprint density at radius 3 is 0.709 bits per heavy atom. The number of hydrogen-bond acceptors (Lipinski definition) is 18. The van der Waals surface area contributed by atoms with E-state index >= 15 is 0 Å². The molecule has 0 saturated carbocycles. The van der Waals surface area contributed by atoms with E-state index in [4.69, 9.17) is 23.7 Å². The highest BCUT2D eigenvalue weighted by Gasteiger charge is 2.26. The van der Waals surface area contributed by atoms with E-state index in [1.54, 1.807) is 60.7 Å². The molecule has 110 heavy (non-hydrogen) atoms. The van der Waals surface area contributed by atoms with Crippen molar-refractivity contribution in [2.24, 2.45) is 0 Å². The lowest BCUT2D eigenvalue weighted by Gasteiger charge is -2.37. The highest BCUT2D eigenvalue weighted by Crippen LogP contribution is 2.15. The number of carbonyl (C=O) groups excluding carboxylic acids is 9. The molecule has 0 saturated heterocycles. The molecule has 0 radical (unpaired) electrons. The number of unbranched alkanes of at least 4 members (excludes halogenated alkanes) is 1. The largest absolute Gasteiger partial charge is 0.469 e. The number of quaternary nitrogens is 5. The predicted molar refractivity (Wildman–Crippen MR) is 438 cm³/mol. The molecule has 0 aromatic heterocycles. The first-order chi connectivity index (χ1) is 52.0. The van der Waals surface area contributed by atoms with Crippen LogP contribution in [0.4, 0.5) is 0 Å². The average Bonchev–Trinajstić information content (AvgIpc) is 0.885. The summed E-state index contributed by atoms with van der Waals surface area (Å²) in [6, 6.07) is 45.7. The van der Waals surface area contributed by atoms with Crippen molar-refractivity contribution in [1.82, 2.24) is 0 Å². The Bertz CT molecular complexity index is 3110. The molecule has 5 aromatic carbocycles. The fourth-order valence-electron chi connectivity index (χ4n) is 10.4. The molecule has 0 aliphatic heterocycles. The standard InChI is InChI=1S/C18H30NO2.C17H28NO2.C15H24NO2.C13H20NO2.C12H18NO2.4C3H6O2/c1-4-7-14-19(6-3,13-5-2)15-16-21-18(20)17-11-9-8-10-12-17;1-4-12-18(6-3,13-5-2)14-15-20-17(19)16-10-8-7-9-11-16;1-4-16(5-2,6-3)12-13-18-15(17)14-10-8-7-9-11-14;1-11(10-14(2,3)4)16-13(15)12-8-6-5-7-9-12;1-13(2,3)9-10-15-12(14)11-7-5-4-6-8-11;4*1-3(4)5-2/h8-12H,4-7,13-16H2,1-3H3;7-11H,4-6,12-15H2,1-3H3;7-11H,4-6,12-13H2,1-3H3;5-9,11H,10H2,1-4H3;4-8H,9-10H2,1-3H3;4*1-2H3/q5*+1;;;;. The van der Waals surface area contributed by atoms with Gasteiger partial charge in [0.1, 0.15) is 65.3 Å². The second-order valence-corrected chi connectivity index (χ2v) is 27.9. The predicted octanol–water partition coefficient (Wildman–Crippen LogP) is 14.3. The molecule has 5 aromatic rings. The maximum atomic E-state index is 12.0. The molecule has 0 N–H and O–H groups in total. The van der Waals surface area contributed by atoms with Gasteiger partial charge in [0.2, 0.25) is 0 Å². The normalized spacial score (nSPS) is 11.2. The Labute approximate surface area is 662 Å². The van der Waals surface area contributed by atoms with E-state index in [0.29, 0.717) is 54.2 Å². The number of carbonyl (C=O) groups is 9. The summed E-state index contributed by atoms with van der Waals surface area (Å²) in [5, 5.41) is 0. The summed E-state index contributed by atoms with van der Waals surface area (Å²) in [5.74, 6) is -2.13. The summed E-state index contributed by atoms with van der Waals surface area (Å²) in [6.45, 7) is 43.7. The van der Waals surface area contributed by atoms with E-state index in [2.05, 4.69) is 124 Å². The van der Waals surface area contributed by atoms with Gasteiger partial charge in [0.05, 0.1) is 157 Å². The third kappa shape index (κ3) is 58.1. The minimum Gasteiger partial charge on any atom is -0.469 e. The lowest BCUT2D eigenvalue weighted by Crippen LogP contribution is -2.51. The zero-order chi connectivity index (χ0) is 84.5. The second-order valence-electron chi connectivity index (χ2n) is 27.9. The summed E-state index contributed by atoms with van der Waals surface area (Å²) in [7, 11) is 17.8. The summed E-state index contributed by atoms with van der Waals surface area (Å²) < 4.78 is 47.9. The fraction of sp³-hybridized carbons (Fsp3) is 0.552. The molecular weight excluding hydrogens is 1400 g/mol. The Balaban J connectivity index is -0.000000601.